The Labute approximate surface area is 79.2 Å². The van der Waals surface area contributed by atoms with Gasteiger partial charge in [-0.25, -0.2) is 0 Å². The van der Waals surface area contributed by atoms with Gasteiger partial charge in [-0.1, -0.05) is 19.8 Å². The summed E-state index contributed by atoms with van der Waals surface area (Å²) in [5.74, 6) is 0. The lowest BCUT2D eigenvalue weighted by molar-refractivity contribution is -0.131. The molecule has 2 nitrogen and oxygen atoms in total. The van der Waals surface area contributed by atoms with E-state index in [1.807, 2.05) is 0 Å². The number of carbonyl (C=O) groups is 1. The SMILES string of the molecule is CCCCCOC(C)(C)C(=O)Cl. The first kappa shape index (κ1) is 11.9. The van der Waals surface area contributed by atoms with Crippen molar-refractivity contribution >= 4 is 16.8 Å². The molecule has 3 heteroatoms. The Morgan fingerprint density at radius 2 is 2.00 bits per heavy atom. The third-order valence-electron chi connectivity index (χ3n) is 1.68. The van der Waals surface area contributed by atoms with E-state index in [1.165, 1.54) is 0 Å². The van der Waals surface area contributed by atoms with Crippen LogP contribution in [0.25, 0.3) is 0 Å². The van der Waals surface area contributed by atoms with Crippen molar-refractivity contribution in [1.29, 1.82) is 0 Å². The Kier molecular flexibility index (Phi) is 5.51. The molecule has 0 atom stereocenters. The molecule has 0 fully saturated rings. The van der Waals surface area contributed by atoms with Crippen molar-refractivity contribution < 1.29 is 9.53 Å². The second kappa shape index (κ2) is 5.55. The maximum atomic E-state index is 10.8. The van der Waals surface area contributed by atoms with Crippen molar-refractivity contribution in [2.75, 3.05) is 6.61 Å². The number of ether oxygens (including phenoxy) is 1. The number of rotatable bonds is 6. The van der Waals surface area contributed by atoms with Crippen LogP contribution in [0.15, 0.2) is 0 Å². The Hall–Kier alpha value is -0.0800. The zero-order chi connectivity index (χ0) is 9.61. The van der Waals surface area contributed by atoms with E-state index in [1.54, 1.807) is 13.8 Å². The monoisotopic (exact) mass is 192 g/mol. The van der Waals surface area contributed by atoms with E-state index >= 15 is 0 Å². The molecule has 0 aliphatic rings. The largest absolute Gasteiger partial charge is 0.366 e. The molecule has 12 heavy (non-hydrogen) atoms. The maximum Gasteiger partial charge on any atom is 0.253 e. The molecule has 0 saturated carbocycles. The smallest absolute Gasteiger partial charge is 0.253 e. The van der Waals surface area contributed by atoms with E-state index in [9.17, 15) is 4.79 Å². The number of halogens is 1. The highest BCUT2D eigenvalue weighted by molar-refractivity contribution is 6.65. The third kappa shape index (κ3) is 4.73. The van der Waals surface area contributed by atoms with Crippen LogP contribution in [0, 0.1) is 0 Å². The number of unbranched alkanes of at least 4 members (excludes halogenated alkanes) is 2. The minimum Gasteiger partial charge on any atom is -0.366 e. The number of hydrogen-bond donors (Lipinski definition) is 0. The second-order valence-electron chi connectivity index (χ2n) is 3.34. The Bertz CT molecular complexity index is 143. The summed E-state index contributed by atoms with van der Waals surface area (Å²) in [4.78, 5) is 10.8. The van der Waals surface area contributed by atoms with Crippen LogP contribution in [-0.2, 0) is 9.53 Å². The highest BCUT2D eigenvalue weighted by Gasteiger charge is 2.25. The lowest BCUT2D eigenvalue weighted by Gasteiger charge is -2.20. The molecule has 0 rings (SSSR count). The van der Waals surface area contributed by atoms with Crippen molar-refractivity contribution in [2.24, 2.45) is 0 Å². The van der Waals surface area contributed by atoms with E-state index in [-0.39, 0.29) is 0 Å². The molecule has 0 unspecified atom stereocenters. The van der Waals surface area contributed by atoms with Gasteiger partial charge in [0.05, 0.1) is 0 Å². The van der Waals surface area contributed by atoms with Crippen molar-refractivity contribution in [1.82, 2.24) is 0 Å². The first-order chi connectivity index (χ1) is 5.50. The zero-order valence-corrected chi connectivity index (χ0v) is 8.78. The number of carbonyl (C=O) groups excluding carboxylic acids is 1. The molecule has 0 radical (unpaired) electrons. The summed E-state index contributed by atoms with van der Waals surface area (Å²) >= 11 is 5.32. The minimum atomic E-state index is -0.824. The first-order valence-electron chi connectivity index (χ1n) is 4.34. The quantitative estimate of drug-likeness (QED) is 0.478. The molecule has 72 valence electrons. The van der Waals surface area contributed by atoms with Gasteiger partial charge in [0.15, 0.2) is 0 Å². The Balaban J connectivity index is 3.54. The molecule has 0 amide bonds. The summed E-state index contributed by atoms with van der Waals surface area (Å²) in [6.07, 6.45) is 3.27. The van der Waals surface area contributed by atoms with Gasteiger partial charge in [0.2, 0.25) is 0 Å². The van der Waals surface area contributed by atoms with Gasteiger partial charge in [0.25, 0.3) is 5.24 Å². The molecule has 0 spiro atoms. The van der Waals surface area contributed by atoms with Gasteiger partial charge in [-0.15, -0.1) is 0 Å². The van der Waals surface area contributed by atoms with Crippen molar-refractivity contribution in [3.05, 3.63) is 0 Å². The highest BCUT2D eigenvalue weighted by atomic mass is 35.5. The highest BCUT2D eigenvalue weighted by Crippen LogP contribution is 2.13. The van der Waals surface area contributed by atoms with Crippen molar-refractivity contribution in [3.8, 4) is 0 Å². The van der Waals surface area contributed by atoms with E-state index in [0.29, 0.717) is 6.61 Å². The van der Waals surface area contributed by atoms with Crippen LogP contribution in [0.2, 0.25) is 0 Å². The Morgan fingerprint density at radius 3 is 2.42 bits per heavy atom. The van der Waals surface area contributed by atoms with Gasteiger partial charge < -0.3 is 4.74 Å². The minimum absolute atomic E-state index is 0.431. The average Bonchev–Trinajstić information content (AvgIpc) is 1.98. The van der Waals surface area contributed by atoms with Crippen LogP contribution in [0.5, 0.6) is 0 Å². The van der Waals surface area contributed by atoms with Gasteiger partial charge in [0, 0.05) is 6.61 Å². The molecule has 0 heterocycles. The molecule has 0 aliphatic heterocycles. The fraction of sp³-hybridized carbons (Fsp3) is 0.889. The fourth-order valence-electron chi connectivity index (χ4n) is 0.736. The predicted molar refractivity (Wildman–Crippen MR) is 50.4 cm³/mol. The van der Waals surface area contributed by atoms with Crippen molar-refractivity contribution in [2.45, 2.75) is 45.6 Å². The van der Waals surface area contributed by atoms with Crippen LogP contribution in [0.1, 0.15) is 40.0 Å². The summed E-state index contributed by atoms with van der Waals surface area (Å²) in [6.45, 7) is 6.11. The topological polar surface area (TPSA) is 26.3 Å². The zero-order valence-electron chi connectivity index (χ0n) is 8.02. The van der Waals surface area contributed by atoms with Gasteiger partial charge in [-0.05, 0) is 31.9 Å². The molecule has 0 aliphatic carbocycles. The molecule has 0 N–H and O–H groups in total. The van der Waals surface area contributed by atoms with Crippen molar-refractivity contribution in [3.63, 3.8) is 0 Å². The van der Waals surface area contributed by atoms with Gasteiger partial charge >= 0.3 is 0 Å². The maximum absolute atomic E-state index is 10.8. The van der Waals surface area contributed by atoms with Crippen LogP contribution in [-0.4, -0.2) is 17.5 Å². The predicted octanol–water partition coefficient (Wildman–Crippen LogP) is 2.74. The van der Waals surface area contributed by atoms with Gasteiger partial charge in [-0.3, -0.25) is 4.79 Å². The average molecular weight is 193 g/mol. The summed E-state index contributed by atoms with van der Waals surface area (Å²) in [7, 11) is 0. The van der Waals surface area contributed by atoms with Crippen LogP contribution in [0.4, 0.5) is 0 Å². The van der Waals surface area contributed by atoms with Gasteiger partial charge in [-0.2, -0.15) is 0 Å². The van der Waals surface area contributed by atoms with Gasteiger partial charge in [0.1, 0.15) is 5.60 Å². The lowest BCUT2D eigenvalue weighted by atomic mass is 10.1. The fourth-order valence-corrected chi connectivity index (χ4v) is 0.791. The first-order valence-corrected chi connectivity index (χ1v) is 4.72. The van der Waals surface area contributed by atoms with E-state index in [0.717, 1.165) is 19.3 Å². The summed E-state index contributed by atoms with van der Waals surface area (Å²) in [6, 6.07) is 0. The number of hydrogen-bond acceptors (Lipinski definition) is 2. The van der Waals surface area contributed by atoms with E-state index < -0.39 is 10.8 Å². The molecule has 0 aromatic carbocycles. The summed E-state index contributed by atoms with van der Waals surface area (Å²) < 4.78 is 5.31. The Morgan fingerprint density at radius 1 is 1.42 bits per heavy atom. The molecule has 0 saturated heterocycles. The summed E-state index contributed by atoms with van der Waals surface area (Å²) in [5, 5.41) is -0.431. The standard InChI is InChI=1S/C9H17ClO2/c1-4-5-6-7-12-9(2,3)8(10)11/h4-7H2,1-3H3. The normalized spacial score (nSPS) is 11.7. The van der Waals surface area contributed by atoms with E-state index in [2.05, 4.69) is 6.92 Å². The molecule has 0 aromatic heterocycles. The van der Waals surface area contributed by atoms with Crippen LogP contribution in [0.3, 0.4) is 0 Å². The lowest BCUT2D eigenvalue weighted by Crippen LogP contribution is -2.31. The molecule has 0 bridgehead atoms. The van der Waals surface area contributed by atoms with Crippen LogP contribution < -0.4 is 0 Å². The third-order valence-corrected chi connectivity index (χ3v) is 2.14. The molecular formula is C9H17ClO2. The summed E-state index contributed by atoms with van der Waals surface area (Å²) in [5.41, 5.74) is -0.824. The second-order valence-corrected chi connectivity index (χ2v) is 3.68. The van der Waals surface area contributed by atoms with Crippen LogP contribution >= 0.6 is 11.6 Å². The molecule has 0 aromatic rings. The molecular weight excluding hydrogens is 176 g/mol. The van der Waals surface area contributed by atoms with E-state index in [4.69, 9.17) is 16.3 Å².